The second-order valence-corrected chi connectivity index (χ2v) is 6.94. The highest BCUT2D eigenvalue weighted by atomic mass is 16.6. The minimum atomic E-state index is -0.696. The summed E-state index contributed by atoms with van der Waals surface area (Å²) in [5.74, 6) is 0. The molecule has 0 aliphatic carbocycles. The standard InChI is InChI=1S/C15H29NO4/c1-7-8-12(17)9-11-10-19-15(5,6)16(11)13(18)20-14(2,3)4/h11-12,17H,7-10H2,1-6H3/t11-,12-/m0/s1. The summed E-state index contributed by atoms with van der Waals surface area (Å²) >= 11 is 0. The molecule has 2 atom stereocenters. The molecule has 0 radical (unpaired) electrons. The molecule has 5 heteroatoms. The van der Waals surface area contributed by atoms with E-state index in [1.807, 2.05) is 41.5 Å². The molecule has 0 bridgehead atoms. The number of rotatable bonds is 4. The van der Waals surface area contributed by atoms with Gasteiger partial charge in [0.25, 0.3) is 0 Å². The van der Waals surface area contributed by atoms with Gasteiger partial charge < -0.3 is 14.6 Å². The Morgan fingerprint density at radius 2 is 2.10 bits per heavy atom. The van der Waals surface area contributed by atoms with Crippen molar-refractivity contribution < 1.29 is 19.4 Å². The van der Waals surface area contributed by atoms with Crippen LogP contribution in [-0.2, 0) is 9.47 Å². The van der Waals surface area contributed by atoms with Crippen LogP contribution in [0.15, 0.2) is 0 Å². The number of aliphatic hydroxyl groups is 1. The van der Waals surface area contributed by atoms with Gasteiger partial charge in [0.2, 0.25) is 0 Å². The van der Waals surface area contributed by atoms with Gasteiger partial charge in [0.05, 0.1) is 18.8 Å². The molecule has 118 valence electrons. The Hall–Kier alpha value is -0.810. The fraction of sp³-hybridized carbons (Fsp3) is 0.933. The molecule has 1 heterocycles. The molecule has 0 aromatic heterocycles. The van der Waals surface area contributed by atoms with Crippen molar-refractivity contribution in [2.24, 2.45) is 0 Å². The zero-order valence-electron chi connectivity index (χ0n) is 13.6. The van der Waals surface area contributed by atoms with Crippen molar-refractivity contribution in [3.8, 4) is 0 Å². The van der Waals surface area contributed by atoms with Gasteiger partial charge in [-0.25, -0.2) is 4.79 Å². The Balaban J connectivity index is 2.77. The number of carbonyl (C=O) groups is 1. The Morgan fingerprint density at radius 1 is 1.50 bits per heavy atom. The number of carbonyl (C=O) groups excluding carboxylic acids is 1. The van der Waals surface area contributed by atoms with E-state index in [0.717, 1.165) is 12.8 Å². The first-order chi connectivity index (χ1) is 9.07. The monoisotopic (exact) mass is 287 g/mol. The topological polar surface area (TPSA) is 59.0 Å². The van der Waals surface area contributed by atoms with Crippen LogP contribution in [0, 0.1) is 0 Å². The number of nitrogens with zero attached hydrogens (tertiary/aromatic N) is 1. The Bertz CT molecular complexity index is 335. The van der Waals surface area contributed by atoms with Gasteiger partial charge in [-0.05, 0) is 47.5 Å². The molecule has 5 nitrogen and oxygen atoms in total. The summed E-state index contributed by atoms with van der Waals surface area (Å²) < 4.78 is 11.1. The second kappa shape index (κ2) is 6.31. The first kappa shape index (κ1) is 17.2. The Kier molecular flexibility index (Phi) is 5.44. The van der Waals surface area contributed by atoms with Gasteiger partial charge in [-0.1, -0.05) is 13.3 Å². The lowest BCUT2D eigenvalue weighted by atomic mass is 10.0. The summed E-state index contributed by atoms with van der Waals surface area (Å²) in [7, 11) is 0. The minimum Gasteiger partial charge on any atom is -0.444 e. The van der Waals surface area contributed by atoms with Crippen molar-refractivity contribution >= 4 is 6.09 Å². The summed E-state index contributed by atoms with van der Waals surface area (Å²) in [5.41, 5.74) is -1.23. The third-order valence-corrected chi connectivity index (χ3v) is 3.33. The van der Waals surface area contributed by atoms with E-state index in [2.05, 4.69) is 0 Å². The fourth-order valence-electron chi connectivity index (χ4n) is 2.50. The van der Waals surface area contributed by atoms with Gasteiger partial charge in [0.15, 0.2) is 0 Å². The molecule has 0 unspecified atom stereocenters. The predicted octanol–water partition coefficient (Wildman–Crippen LogP) is 2.91. The van der Waals surface area contributed by atoms with Gasteiger partial charge in [0, 0.05) is 0 Å². The number of aliphatic hydroxyl groups excluding tert-OH is 1. The van der Waals surface area contributed by atoms with Crippen LogP contribution < -0.4 is 0 Å². The average Bonchev–Trinajstić information content (AvgIpc) is 2.51. The minimum absolute atomic E-state index is 0.138. The summed E-state index contributed by atoms with van der Waals surface area (Å²) in [6.45, 7) is 11.7. The quantitative estimate of drug-likeness (QED) is 0.863. The lowest BCUT2D eigenvalue weighted by Gasteiger charge is -2.35. The van der Waals surface area contributed by atoms with Gasteiger partial charge in [0.1, 0.15) is 11.3 Å². The van der Waals surface area contributed by atoms with Crippen molar-refractivity contribution in [3.05, 3.63) is 0 Å². The highest BCUT2D eigenvalue weighted by molar-refractivity contribution is 5.69. The third-order valence-electron chi connectivity index (χ3n) is 3.33. The molecular weight excluding hydrogens is 258 g/mol. The molecular formula is C15H29NO4. The first-order valence-corrected chi connectivity index (χ1v) is 7.41. The van der Waals surface area contributed by atoms with Crippen LogP contribution in [0.25, 0.3) is 0 Å². The highest BCUT2D eigenvalue weighted by Crippen LogP contribution is 2.31. The van der Waals surface area contributed by atoms with Crippen molar-refractivity contribution in [1.29, 1.82) is 0 Å². The molecule has 1 amide bonds. The van der Waals surface area contributed by atoms with E-state index in [-0.39, 0.29) is 12.1 Å². The van der Waals surface area contributed by atoms with E-state index in [0.29, 0.717) is 13.0 Å². The third kappa shape index (κ3) is 4.63. The Labute approximate surface area is 122 Å². The molecule has 1 rings (SSSR count). The molecule has 1 saturated heterocycles. The van der Waals surface area contributed by atoms with Crippen LogP contribution in [0.2, 0.25) is 0 Å². The molecule has 20 heavy (non-hydrogen) atoms. The largest absolute Gasteiger partial charge is 0.444 e. The van der Waals surface area contributed by atoms with Crippen LogP contribution in [0.4, 0.5) is 4.79 Å². The highest BCUT2D eigenvalue weighted by Gasteiger charge is 2.45. The van der Waals surface area contributed by atoms with Crippen LogP contribution in [0.5, 0.6) is 0 Å². The smallest absolute Gasteiger partial charge is 0.412 e. The SMILES string of the molecule is CCC[C@H](O)C[C@H]1COC(C)(C)N1C(=O)OC(C)(C)C. The normalized spacial score (nSPS) is 23.8. The molecule has 1 N–H and O–H groups in total. The molecule has 1 aliphatic heterocycles. The van der Waals surface area contributed by atoms with Gasteiger partial charge in [-0.3, -0.25) is 4.90 Å². The number of amides is 1. The fourth-order valence-corrected chi connectivity index (χ4v) is 2.50. The molecule has 1 fully saturated rings. The molecule has 0 saturated carbocycles. The maximum absolute atomic E-state index is 12.4. The van der Waals surface area contributed by atoms with Crippen LogP contribution >= 0.6 is 0 Å². The lowest BCUT2D eigenvalue weighted by Crippen LogP contribution is -2.50. The zero-order valence-corrected chi connectivity index (χ0v) is 13.6. The number of ether oxygens (including phenoxy) is 2. The van der Waals surface area contributed by atoms with Gasteiger partial charge >= 0.3 is 6.09 Å². The number of hydrogen-bond acceptors (Lipinski definition) is 4. The maximum Gasteiger partial charge on any atom is 0.412 e. The van der Waals surface area contributed by atoms with Crippen LogP contribution in [-0.4, -0.2) is 46.2 Å². The molecule has 1 aliphatic rings. The molecule has 0 aromatic carbocycles. The van der Waals surface area contributed by atoms with Crippen LogP contribution in [0.3, 0.4) is 0 Å². The lowest BCUT2D eigenvalue weighted by molar-refractivity contribution is -0.0637. The number of hydrogen-bond donors (Lipinski definition) is 1. The van der Waals surface area contributed by atoms with Crippen molar-refractivity contribution in [1.82, 2.24) is 4.90 Å². The van der Waals surface area contributed by atoms with E-state index in [1.165, 1.54) is 0 Å². The maximum atomic E-state index is 12.4. The van der Waals surface area contributed by atoms with Crippen LogP contribution in [0.1, 0.15) is 60.8 Å². The van der Waals surface area contributed by atoms with Gasteiger partial charge in [-0.15, -0.1) is 0 Å². The zero-order chi connectivity index (χ0) is 15.6. The molecule has 0 spiro atoms. The summed E-state index contributed by atoms with van der Waals surface area (Å²) in [6, 6.07) is -0.138. The van der Waals surface area contributed by atoms with Crippen molar-refractivity contribution in [2.75, 3.05) is 6.61 Å². The predicted molar refractivity (Wildman–Crippen MR) is 77.4 cm³/mol. The molecule has 0 aromatic rings. The van der Waals surface area contributed by atoms with Crippen molar-refractivity contribution in [2.45, 2.75) is 84.3 Å². The summed E-state index contributed by atoms with van der Waals surface area (Å²) in [4.78, 5) is 14.0. The summed E-state index contributed by atoms with van der Waals surface area (Å²) in [6.07, 6.45) is 1.39. The summed E-state index contributed by atoms with van der Waals surface area (Å²) in [5, 5.41) is 9.98. The second-order valence-electron chi connectivity index (χ2n) is 6.94. The van der Waals surface area contributed by atoms with Crippen molar-refractivity contribution in [3.63, 3.8) is 0 Å². The van der Waals surface area contributed by atoms with E-state index < -0.39 is 17.4 Å². The van der Waals surface area contributed by atoms with E-state index >= 15 is 0 Å². The van der Waals surface area contributed by atoms with E-state index in [9.17, 15) is 9.90 Å². The Morgan fingerprint density at radius 3 is 2.60 bits per heavy atom. The van der Waals surface area contributed by atoms with E-state index in [1.54, 1.807) is 4.90 Å². The first-order valence-electron chi connectivity index (χ1n) is 7.41. The average molecular weight is 287 g/mol. The van der Waals surface area contributed by atoms with Gasteiger partial charge in [-0.2, -0.15) is 0 Å². The van der Waals surface area contributed by atoms with E-state index in [4.69, 9.17) is 9.47 Å².